The summed E-state index contributed by atoms with van der Waals surface area (Å²) in [5.74, 6) is -5.56. The van der Waals surface area contributed by atoms with Gasteiger partial charge in [-0.2, -0.15) is 0 Å². The van der Waals surface area contributed by atoms with Gasteiger partial charge in [-0.3, -0.25) is 0 Å². The molecule has 0 aliphatic carbocycles. The van der Waals surface area contributed by atoms with Gasteiger partial charge in [-0.1, -0.05) is 0 Å². The smallest absolute Gasteiger partial charge is 0.505 e. The molecular formula is C12H16CuO12+2. The van der Waals surface area contributed by atoms with E-state index < -0.39 is 72.6 Å². The van der Waals surface area contributed by atoms with E-state index in [9.17, 15) is 9.59 Å². The molecule has 0 saturated carbocycles. The van der Waals surface area contributed by atoms with Crippen LogP contribution >= 0.6 is 0 Å². The molecule has 0 amide bonds. The first kappa shape index (κ1) is 23.0. The van der Waals surface area contributed by atoms with Crippen molar-refractivity contribution < 1.29 is 77.0 Å². The Hall–Kier alpha value is -2.02. The summed E-state index contributed by atoms with van der Waals surface area (Å²) in [4.78, 5) is 21.1. The van der Waals surface area contributed by atoms with Gasteiger partial charge < -0.3 is 50.3 Å². The van der Waals surface area contributed by atoms with Crippen molar-refractivity contribution in [3.8, 4) is 0 Å². The topological polar surface area (TPSA) is 214 Å². The molecule has 4 atom stereocenters. The van der Waals surface area contributed by atoms with Crippen LogP contribution in [0, 0.1) is 0 Å². The molecule has 0 unspecified atom stereocenters. The van der Waals surface area contributed by atoms with Crippen LogP contribution in [0.3, 0.4) is 0 Å². The molecule has 0 aromatic rings. The molecule has 2 aliphatic heterocycles. The molecule has 2 heterocycles. The summed E-state index contributed by atoms with van der Waals surface area (Å²) < 4.78 is 8.63. The third-order valence-electron chi connectivity index (χ3n) is 2.95. The van der Waals surface area contributed by atoms with Crippen LogP contribution in [0.1, 0.15) is 0 Å². The van der Waals surface area contributed by atoms with E-state index in [1.165, 1.54) is 0 Å². The van der Waals surface area contributed by atoms with Crippen molar-refractivity contribution >= 4 is 11.9 Å². The molecule has 0 saturated heterocycles. The van der Waals surface area contributed by atoms with Crippen molar-refractivity contribution in [1.29, 1.82) is 0 Å². The molecule has 0 aromatic heterocycles. The van der Waals surface area contributed by atoms with Gasteiger partial charge in [0.05, 0.1) is 13.2 Å². The van der Waals surface area contributed by atoms with E-state index in [1.54, 1.807) is 0 Å². The number of hydrogen-bond donors (Lipinski definition) is 8. The summed E-state index contributed by atoms with van der Waals surface area (Å²) in [5, 5.41) is 70.1. The third kappa shape index (κ3) is 4.98. The Bertz CT molecular complexity index is 520. The van der Waals surface area contributed by atoms with Crippen LogP contribution in [0.4, 0.5) is 0 Å². The van der Waals surface area contributed by atoms with Gasteiger partial charge in [0.25, 0.3) is 0 Å². The number of esters is 2. The van der Waals surface area contributed by atoms with Gasteiger partial charge in [-0.05, 0) is 0 Å². The first-order valence-corrected chi connectivity index (χ1v) is 6.39. The zero-order valence-electron chi connectivity index (χ0n) is 12.2. The molecule has 0 aromatic carbocycles. The molecule has 0 spiro atoms. The van der Waals surface area contributed by atoms with E-state index in [4.69, 9.17) is 40.9 Å². The van der Waals surface area contributed by atoms with E-state index in [2.05, 4.69) is 9.47 Å². The minimum atomic E-state index is -1.42. The average molecular weight is 416 g/mol. The minimum absolute atomic E-state index is 0. The zero-order chi connectivity index (χ0) is 18.6. The Morgan fingerprint density at radius 2 is 1.04 bits per heavy atom. The maximum absolute atomic E-state index is 10.5. The Balaban J connectivity index is 0.000000443. The fraction of sp³-hybridized carbons (Fsp3) is 0.500. The largest absolute Gasteiger partial charge is 2.00 e. The average Bonchev–Trinajstić information content (AvgIpc) is 2.98. The second-order valence-corrected chi connectivity index (χ2v) is 4.62. The van der Waals surface area contributed by atoms with Crippen LogP contribution in [-0.4, -0.2) is 90.4 Å². The van der Waals surface area contributed by atoms with E-state index in [0.717, 1.165) is 0 Å². The van der Waals surface area contributed by atoms with E-state index in [-0.39, 0.29) is 17.1 Å². The van der Waals surface area contributed by atoms with Gasteiger partial charge in [-0.25, -0.2) is 9.59 Å². The van der Waals surface area contributed by atoms with Gasteiger partial charge in [0.1, 0.15) is 12.2 Å². The Kier molecular flexibility index (Phi) is 8.69. The molecule has 13 heteroatoms. The van der Waals surface area contributed by atoms with Crippen molar-refractivity contribution in [2.24, 2.45) is 0 Å². The standard InChI is InChI=1S/2C6H8O6.Cu/c2*7-1-2(8)5-3(9)4(10)6(11)12-5;/h2*2,5,7-10H,1H2;/q;;+2/t2*2-,5+;/m00./s1. The summed E-state index contributed by atoms with van der Waals surface area (Å²) in [6, 6.07) is 0. The van der Waals surface area contributed by atoms with Crippen LogP contribution < -0.4 is 0 Å². The van der Waals surface area contributed by atoms with Crippen LogP contribution in [0.5, 0.6) is 0 Å². The maximum Gasteiger partial charge on any atom is 2.00 e. The molecule has 8 N–H and O–H groups in total. The predicted molar refractivity (Wildman–Crippen MR) is 70.5 cm³/mol. The van der Waals surface area contributed by atoms with Gasteiger partial charge in [0.2, 0.25) is 11.5 Å². The third-order valence-corrected chi connectivity index (χ3v) is 2.95. The van der Waals surface area contributed by atoms with Crippen LogP contribution in [0.2, 0.25) is 0 Å². The second-order valence-electron chi connectivity index (χ2n) is 4.62. The Morgan fingerprint density at radius 3 is 1.20 bits per heavy atom. The Morgan fingerprint density at radius 1 is 0.760 bits per heavy atom. The molecule has 1 radical (unpaired) electrons. The summed E-state index contributed by atoms with van der Waals surface area (Å²) in [7, 11) is 0. The van der Waals surface area contributed by atoms with Crippen molar-refractivity contribution in [1.82, 2.24) is 0 Å². The molecule has 12 nitrogen and oxygen atoms in total. The van der Waals surface area contributed by atoms with Crippen molar-refractivity contribution in [2.75, 3.05) is 13.2 Å². The van der Waals surface area contributed by atoms with Crippen molar-refractivity contribution in [2.45, 2.75) is 24.4 Å². The van der Waals surface area contributed by atoms with Gasteiger partial charge in [-0.15, -0.1) is 0 Å². The molecule has 25 heavy (non-hydrogen) atoms. The Labute approximate surface area is 150 Å². The molecule has 145 valence electrons. The van der Waals surface area contributed by atoms with E-state index in [1.807, 2.05) is 0 Å². The molecular weight excluding hydrogens is 400 g/mol. The van der Waals surface area contributed by atoms with Crippen molar-refractivity contribution in [3.63, 3.8) is 0 Å². The number of cyclic esters (lactones) is 2. The number of hydrogen-bond acceptors (Lipinski definition) is 12. The fourth-order valence-corrected chi connectivity index (χ4v) is 1.65. The number of aliphatic hydroxyl groups excluding tert-OH is 8. The zero-order valence-corrected chi connectivity index (χ0v) is 13.2. The monoisotopic (exact) mass is 415 g/mol. The molecule has 0 fully saturated rings. The second kappa shape index (κ2) is 9.46. The van der Waals surface area contributed by atoms with Gasteiger partial charge >= 0.3 is 29.0 Å². The number of aliphatic hydroxyl groups is 8. The molecule has 2 aliphatic rings. The van der Waals surface area contributed by atoms with Gasteiger partial charge in [0.15, 0.2) is 23.7 Å². The normalized spacial score (nSPS) is 24.8. The van der Waals surface area contributed by atoms with Crippen molar-refractivity contribution in [3.05, 3.63) is 23.0 Å². The van der Waals surface area contributed by atoms with Crippen LogP contribution in [-0.2, 0) is 36.1 Å². The van der Waals surface area contributed by atoms with Crippen LogP contribution in [0.15, 0.2) is 23.0 Å². The quantitative estimate of drug-likeness (QED) is 0.172. The van der Waals surface area contributed by atoms with E-state index in [0.29, 0.717) is 0 Å². The first-order chi connectivity index (χ1) is 11.1. The first-order valence-electron chi connectivity index (χ1n) is 6.39. The minimum Gasteiger partial charge on any atom is -0.505 e. The predicted octanol–water partition coefficient (Wildman–Crippen LogP) is -2.82. The SMILES string of the molecule is O=C1O[C@H]([C@@H](O)CO)C(O)=C1O.O=C1O[C@H]([C@@H](O)CO)C(O)=C1O.[Cu+2]. The summed E-state index contributed by atoms with van der Waals surface area (Å²) >= 11 is 0. The molecule has 2 rings (SSSR count). The summed E-state index contributed by atoms with van der Waals surface area (Å²) in [6.07, 6.45) is -5.55. The maximum atomic E-state index is 10.5. The number of carbonyl (C=O) groups excluding carboxylic acids is 2. The fourth-order valence-electron chi connectivity index (χ4n) is 1.65. The molecule has 0 bridgehead atoms. The number of rotatable bonds is 4. The number of ether oxygens (including phenoxy) is 2. The van der Waals surface area contributed by atoms with E-state index >= 15 is 0 Å². The summed E-state index contributed by atoms with van der Waals surface area (Å²) in [5.41, 5.74) is 0. The number of carbonyl (C=O) groups is 2. The summed E-state index contributed by atoms with van der Waals surface area (Å²) in [6.45, 7) is -1.34. The van der Waals surface area contributed by atoms with Crippen LogP contribution in [0.25, 0.3) is 0 Å². The van der Waals surface area contributed by atoms with Gasteiger partial charge in [0, 0.05) is 0 Å².